The van der Waals surface area contributed by atoms with Crippen LogP contribution in [-0.2, 0) is 19.1 Å². The third kappa shape index (κ3) is 9.94. The first-order valence-corrected chi connectivity index (χ1v) is 8.69. The van der Waals surface area contributed by atoms with Crippen LogP contribution < -0.4 is 10.6 Å². The molecule has 0 aromatic carbocycles. The summed E-state index contributed by atoms with van der Waals surface area (Å²) in [6, 6.07) is -1.62. The maximum atomic E-state index is 12.4. The van der Waals surface area contributed by atoms with E-state index in [0.717, 1.165) is 0 Å². The topological polar surface area (TPSA) is 93.7 Å². The molecule has 2 N–H and O–H groups in total. The molecule has 0 aliphatic carbocycles. The predicted molar refractivity (Wildman–Crippen MR) is 96.1 cm³/mol. The largest absolute Gasteiger partial charge is 0.458 e. The number of hydrogen-bond acceptors (Lipinski definition) is 5. The van der Waals surface area contributed by atoms with Gasteiger partial charge >= 0.3 is 12.1 Å². The van der Waals surface area contributed by atoms with Crippen molar-refractivity contribution in [1.82, 2.24) is 10.6 Å². The van der Waals surface area contributed by atoms with Crippen LogP contribution in [0.25, 0.3) is 0 Å². The molecule has 0 saturated heterocycles. The van der Waals surface area contributed by atoms with Crippen molar-refractivity contribution in [3.05, 3.63) is 0 Å². The summed E-state index contributed by atoms with van der Waals surface area (Å²) in [5.41, 5.74) is -1.30. The molecule has 2 amide bonds. The van der Waals surface area contributed by atoms with Crippen LogP contribution in [0, 0.1) is 5.92 Å². The van der Waals surface area contributed by atoms with Gasteiger partial charge in [0.1, 0.15) is 23.3 Å². The van der Waals surface area contributed by atoms with Gasteiger partial charge in [-0.25, -0.2) is 9.59 Å². The molecule has 3 atom stereocenters. The van der Waals surface area contributed by atoms with Gasteiger partial charge in [-0.1, -0.05) is 20.3 Å². The Morgan fingerprint density at radius 1 is 0.880 bits per heavy atom. The highest BCUT2D eigenvalue weighted by atomic mass is 16.6. The van der Waals surface area contributed by atoms with Crippen LogP contribution in [0.2, 0.25) is 0 Å². The molecule has 0 aliphatic heterocycles. The Morgan fingerprint density at radius 2 is 1.36 bits per heavy atom. The van der Waals surface area contributed by atoms with Gasteiger partial charge in [-0.05, 0) is 54.4 Å². The van der Waals surface area contributed by atoms with Crippen molar-refractivity contribution >= 4 is 18.0 Å². The van der Waals surface area contributed by atoms with Crippen molar-refractivity contribution in [2.24, 2.45) is 5.92 Å². The maximum Gasteiger partial charge on any atom is 0.408 e. The fourth-order valence-corrected chi connectivity index (χ4v) is 1.86. The Balaban J connectivity index is 4.91. The molecule has 0 aromatic rings. The van der Waals surface area contributed by atoms with Crippen molar-refractivity contribution in [1.29, 1.82) is 0 Å². The number of rotatable bonds is 6. The van der Waals surface area contributed by atoms with E-state index >= 15 is 0 Å². The summed E-state index contributed by atoms with van der Waals surface area (Å²) < 4.78 is 10.5. The van der Waals surface area contributed by atoms with Crippen molar-refractivity contribution < 1.29 is 23.9 Å². The van der Waals surface area contributed by atoms with E-state index in [1.807, 2.05) is 13.8 Å². The minimum atomic E-state index is -0.844. The van der Waals surface area contributed by atoms with Crippen LogP contribution in [0.3, 0.4) is 0 Å². The Morgan fingerprint density at radius 3 is 1.76 bits per heavy atom. The molecule has 0 aromatic heterocycles. The Hall–Kier alpha value is -1.79. The van der Waals surface area contributed by atoms with E-state index in [2.05, 4.69) is 10.6 Å². The van der Waals surface area contributed by atoms with Crippen LogP contribution in [0.5, 0.6) is 0 Å². The van der Waals surface area contributed by atoms with Gasteiger partial charge < -0.3 is 20.1 Å². The Labute approximate surface area is 151 Å². The van der Waals surface area contributed by atoms with Gasteiger partial charge in [0.25, 0.3) is 0 Å². The minimum Gasteiger partial charge on any atom is -0.458 e. The maximum absolute atomic E-state index is 12.4. The fraction of sp³-hybridized carbons (Fsp3) is 0.833. The Bertz CT molecular complexity index is 477. The molecule has 0 heterocycles. The van der Waals surface area contributed by atoms with Crippen molar-refractivity contribution in [3.8, 4) is 0 Å². The number of nitrogens with one attached hydrogen (secondary N) is 2. The van der Waals surface area contributed by atoms with E-state index in [1.54, 1.807) is 41.5 Å². The van der Waals surface area contributed by atoms with Crippen LogP contribution in [0.15, 0.2) is 0 Å². The average molecular weight is 358 g/mol. The molecule has 25 heavy (non-hydrogen) atoms. The average Bonchev–Trinajstić information content (AvgIpc) is 2.39. The summed E-state index contributed by atoms with van der Waals surface area (Å²) in [5.74, 6) is -1.06. The number of hydrogen-bond donors (Lipinski definition) is 2. The van der Waals surface area contributed by atoms with Crippen LogP contribution >= 0.6 is 0 Å². The Kier molecular flexibility index (Phi) is 8.41. The predicted octanol–water partition coefficient (Wildman–Crippen LogP) is 2.77. The molecular formula is C18H34N2O5. The van der Waals surface area contributed by atoms with Crippen LogP contribution in [0.1, 0.15) is 68.7 Å². The highest BCUT2D eigenvalue weighted by Gasteiger charge is 2.32. The monoisotopic (exact) mass is 358 g/mol. The SMILES string of the molecule is CC[C@H](C)[C@H](NC(=O)[C@H](C)NC(=O)OC(C)(C)C)C(=O)OC(C)(C)C. The lowest BCUT2D eigenvalue weighted by atomic mass is 9.98. The van der Waals surface area contributed by atoms with Crippen LogP contribution in [-0.4, -0.2) is 41.3 Å². The molecular weight excluding hydrogens is 324 g/mol. The number of ether oxygens (including phenoxy) is 2. The molecule has 7 heteroatoms. The molecule has 0 aliphatic rings. The molecule has 0 saturated carbocycles. The zero-order valence-corrected chi connectivity index (χ0v) is 17.0. The number of carbonyl (C=O) groups is 3. The minimum absolute atomic E-state index is 0.104. The van der Waals surface area contributed by atoms with Gasteiger partial charge in [-0.3, -0.25) is 4.79 Å². The molecule has 0 bridgehead atoms. The van der Waals surface area contributed by atoms with Gasteiger partial charge in [-0.2, -0.15) is 0 Å². The van der Waals surface area contributed by atoms with Crippen molar-refractivity contribution in [2.45, 2.75) is 92.0 Å². The first kappa shape index (κ1) is 23.2. The van der Waals surface area contributed by atoms with Gasteiger partial charge in [0, 0.05) is 0 Å². The molecule has 7 nitrogen and oxygen atoms in total. The molecule has 0 unspecified atom stereocenters. The second-order valence-electron chi connectivity index (χ2n) is 8.27. The third-order valence-corrected chi connectivity index (χ3v) is 3.30. The highest BCUT2D eigenvalue weighted by Crippen LogP contribution is 2.15. The third-order valence-electron chi connectivity index (χ3n) is 3.30. The van der Waals surface area contributed by atoms with Crippen molar-refractivity contribution in [2.75, 3.05) is 0 Å². The van der Waals surface area contributed by atoms with E-state index in [0.29, 0.717) is 6.42 Å². The van der Waals surface area contributed by atoms with E-state index in [9.17, 15) is 14.4 Å². The van der Waals surface area contributed by atoms with Crippen molar-refractivity contribution in [3.63, 3.8) is 0 Å². The smallest absolute Gasteiger partial charge is 0.408 e. The normalized spacial score (nSPS) is 15.6. The van der Waals surface area contributed by atoms with E-state index < -0.39 is 41.3 Å². The number of esters is 1. The molecule has 0 spiro atoms. The zero-order valence-electron chi connectivity index (χ0n) is 17.0. The molecule has 146 valence electrons. The van der Waals surface area contributed by atoms with Gasteiger partial charge in [0.15, 0.2) is 0 Å². The highest BCUT2D eigenvalue weighted by molar-refractivity contribution is 5.89. The second kappa shape index (κ2) is 9.06. The summed E-state index contributed by atoms with van der Waals surface area (Å²) in [6.07, 6.45) is 0.00503. The first-order valence-electron chi connectivity index (χ1n) is 8.69. The quantitative estimate of drug-likeness (QED) is 0.712. The first-order chi connectivity index (χ1) is 11.2. The lowest BCUT2D eigenvalue weighted by Gasteiger charge is -2.28. The lowest BCUT2D eigenvalue weighted by Crippen LogP contribution is -2.54. The summed E-state index contributed by atoms with van der Waals surface area (Å²) >= 11 is 0. The summed E-state index contributed by atoms with van der Waals surface area (Å²) in [7, 11) is 0. The summed E-state index contributed by atoms with van der Waals surface area (Å²) in [6.45, 7) is 15.8. The molecule has 0 radical (unpaired) electrons. The van der Waals surface area contributed by atoms with Gasteiger partial charge in [-0.15, -0.1) is 0 Å². The summed E-state index contributed by atoms with van der Waals surface area (Å²) in [5, 5.41) is 5.13. The second-order valence-corrected chi connectivity index (χ2v) is 8.27. The van der Waals surface area contributed by atoms with Gasteiger partial charge in [0.2, 0.25) is 5.91 Å². The molecule has 0 fully saturated rings. The van der Waals surface area contributed by atoms with E-state index in [-0.39, 0.29) is 5.92 Å². The number of carbonyl (C=O) groups excluding carboxylic acids is 3. The lowest BCUT2D eigenvalue weighted by molar-refractivity contribution is -0.160. The fourth-order valence-electron chi connectivity index (χ4n) is 1.86. The standard InChI is InChI=1S/C18H34N2O5/c1-10-11(2)13(15(22)24-17(4,5)6)20-14(21)12(3)19-16(23)25-18(7,8)9/h11-13H,10H2,1-9H3,(H,19,23)(H,20,21)/t11-,12-,13-/m0/s1. The number of amides is 2. The van der Waals surface area contributed by atoms with E-state index in [4.69, 9.17) is 9.47 Å². The van der Waals surface area contributed by atoms with Crippen LogP contribution in [0.4, 0.5) is 4.79 Å². The summed E-state index contributed by atoms with van der Waals surface area (Å²) in [4.78, 5) is 36.5. The zero-order chi connectivity index (χ0) is 20.0. The van der Waals surface area contributed by atoms with E-state index in [1.165, 1.54) is 6.92 Å². The number of alkyl carbamates (subject to hydrolysis) is 1. The molecule has 0 rings (SSSR count). The van der Waals surface area contributed by atoms with Gasteiger partial charge in [0.05, 0.1) is 0 Å².